The van der Waals surface area contributed by atoms with Crippen molar-refractivity contribution in [3.8, 4) is 0 Å². The molecule has 100 valence electrons. The SMILES string of the molecule is CC(C)(C)c1cccc2c1NC(CCCN)CS2. The minimum atomic E-state index is 0.189. The standard InChI is InChI=1S/C15H24N2S/c1-15(2,3)12-7-4-8-13-14(12)17-11(10-18-13)6-5-9-16/h4,7-8,11,17H,5-6,9-10,16H2,1-3H3. The van der Waals surface area contributed by atoms with E-state index in [4.69, 9.17) is 5.73 Å². The van der Waals surface area contributed by atoms with Crippen LogP contribution in [-0.2, 0) is 5.41 Å². The summed E-state index contributed by atoms with van der Waals surface area (Å²) >= 11 is 1.97. The van der Waals surface area contributed by atoms with Crippen LogP contribution in [0.15, 0.2) is 23.1 Å². The number of para-hydroxylation sites is 1. The maximum Gasteiger partial charge on any atom is 0.0518 e. The van der Waals surface area contributed by atoms with Gasteiger partial charge in [-0.2, -0.15) is 0 Å². The van der Waals surface area contributed by atoms with Crippen LogP contribution in [0.4, 0.5) is 5.69 Å². The van der Waals surface area contributed by atoms with Crippen LogP contribution in [0.3, 0.4) is 0 Å². The summed E-state index contributed by atoms with van der Waals surface area (Å²) in [6.45, 7) is 7.62. The summed E-state index contributed by atoms with van der Waals surface area (Å²) in [6.07, 6.45) is 2.27. The number of benzene rings is 1. The van der Waals surface area contributed by atoms with E-state index in [0.717, 1.165) is 18.7 Å². The Hall–Kier alpha value is -0.670. The first-order valence-corrected chi connectivity index (χ1v) is 7.74. The van der Waals surface area contributed by atoms with E-state index in [1.165, 1.54) is 22.6 Å². The minimum absolute atomic E-state index is 0.189. The normalized spacial score (nSPS) is 19.2. The Morgan fingerprint density at radius 3 is 2.83 bits per heavy atom. The number of hydrogen-bond donors (Lipinski definition) is 2. The van der Waals surface area contributed by atoms with E-state index in [2.05, 4.69) is 44.3 Å². The second kappa shape index (κ2) is 5.54. The third-order valence-electron chi connectivity index (χ3n) is 3.38. The highest BCUT2D eigenvalue weighted by atomic mass is 32.2. The lowest BCUT2D eigenvalue weighted by atomic mass is 9.85. The topological polar surface area (TPSA) is 38.0 Å². The van der Waals surface area contributed by atoms with Gasteiger partial charge in [-0.15, -0.1) is 11.8 Å². The Labute approximate surface area is 115 Å². The van der Waals surface area contributed by atoms with Crippen LogP contribution in [0, 0.1) is 0 Å². The second-order valence-corrected chi connectivity index (χ2v) is 7.07. The summed E-state index contributed by atoms with van der Waals surface area (Å²) in [4.78, 5) is 1.39. The number of hydrogen-bond acceptors (Lipinski definition) is 3. The van der Waals surface area contributed by atoms with Gasteiger partial charge in [0, 0.05) is 16.7 Å². The lowest BCUT2D eigenvalue weighted by Gasteiger charge is -2.32. The summed E-state index contributed by atoms with van der Waals surface area (Å²) in [5, 5.41) is 3.73. The van der Waals surface area contributed by atoms with Gasteiger partial charge in [0.1, 0.15) is 0 Å². The molecule has 0 amide bonds. The highest BCUT2D eigenvalue weighted by Gasteiger charge is 2.25. The number of nitrogens with one attached hydrogen (secondary N) is 1. The first-order chi connectivity index (χ1) is 8.52. The molecule has 1 aromatic carbocycles. The Morgan fingerprint density at radius 1 is 1.39 bits per heavy atom. The smallest absolute Gasteiger partial charge is 0.0518 e. The van der Waals surface area contributed by atoms with Crippen molar-refractivity contribution >= 4 is 17.4 Å². The highest BCUT2D eigenvalue weighted by Crippen LogP contribution is 2.40. The quantitative estimate of drug-likeness (QED) is 0.876. The summed E-state index contributed by atoms with van der Waals surface area (Å²) in [5.74, 6) is 1.15. The van der Waals surface area contributed by atoms with Crippen molar-refractivity contribution < 1.29 is 0 Å². The van der Waals surface area contributed by atoms with E-state index in [0.29, 0.717) is 6.04 Å². The van der Waals surface area contributed by atoms with Crippen LogP contribution in [-0.4, -0.2) is 18.3 Å². The Kier molecular flexibility index (Phi) is 4.23. The molecule has 1 aromatic rings. The van der Waals surface area contributed by atoms with Gasteiger partial charge < -0.3 is 11.1 Å². The molecule has 1 aliphatic heterocycles. The molecule has 0 aliphatic carbocycles. The summed E-state index contributed by atoms with van der Waals surface area (Å²) < 4.78 is 0. The van der Waals surface area contributed by atoms with E-state index in [1.54, 1.807) is 0 Å². The summed E-state index contributed by atoms with van der Waals surface area (Å²) in [5.41, 5.74) is 8.57. The first-order valence-electron chi connectivity index (χ1n) is 6.75. The van der Waals surface area contributed by atoms with E-state index < -0.39 is 0 Å². The van der Waals surface area contributed by atoms with Crippen LogP contribution < -0.4 is 11.1 Å². The van der Waals surface area contributed by atoms with Crippen molar-refractivity contribution in [1.82, 2.24) is 0 Å². The van der Waals surface area contributed by atoms with E-state index in [-0.39, 0.29) is 5.41 Å². The molecule has 0 aromatic heterocycles. The maximum atomic E-state index is 5.60. The van der Waals surface area contributed by atoms with Crippen molar-refractivity contribution in [1.29, 1.82) is 0 Å². The zero-order valence-electron chi connectivity index (χ0n) is 11.6. The van der Waals surface area contributed by atoms with Crippen molar-refractivity contribution in [3.63, 3.8) is 0 Å². The van der Waals surface area contributed by atoms with Crippen LogP contribution in [0.5, 0.6) is 0 Å². The van der Waals surface area contributed by atoms with Gasteiger partial charge in [0.15, 0.2) is 0 Å². The summed E-state index contributed by atoms with van der Waals surface area (Å²) in [7, 11) is 0. The van der Waals surface area contributed by atoms with E-state index in [1.807, 2.05) is 11.8 Å². The molecule has 0 saturated heterocycles. The van der Waals surface area contributed by atoms with Crippen LogP contribution >= 0.6 is 11.8 Å². The van der Waals surface area contributed by atoms with Gasteiger partial charge in [-0.25, -0.2) is 0 Å². The molecule has 2 nitrogen and oxygen atoms in total. The monoisotopic (exact) mass is 264 g/mol. The van der Waals surface area contributed by atoms with E-state index >= 15 is 0 Å². The largest absolute Gasteiger partial charge is 0.380 e. The predicted octanol–water partition coefficient (Wildman–Crippen LogP) is 3.61. The first kappa shape index (κ1) is 13.8. The molecule has 0 spiro atoms. The zero-order chi connectivity index (χ0) is 13.2. The molecule has 1 unspecified atom stereocenters. The molecule has 0 bridgehead atoms. The van der Waals surface area contributed by atoms with Crippen molar-refractivity contribution in [2.24, 2.45) is 5.73 Å². The maximum absolute atomic E-state index is 5.60. The third kappa shape index (κ3) is 3.01. The molecular formula is C15H24N2S. The zero-order valence-corrected chi connectivity index (χ0v) is 12.4. The molecule has 0 saturated carbocycles. The fourth-order valence-corrected chi connectivity index (χ4v) is 3.50. The molecule has 1 aliphatic rings. The van der Waals surface area contributed by atoms with Crippen LogP contribution in [0.25, 0.3) is 0 Å². The van der Waals surface area contributed by atoms with Gasteiger partial charge in [-0.1, -0.05) is 32.9 Å². The average Bonchev–Trinajstić information content (AvgIpc) is 2.34. The molecule has 18 heavy (non-hydrogen) atoms. The minimum Gasteiger partial charge on any atom is -0.380 e. The van der Waals surface area contributed by atoms with Crippen molar-refractivity contribution in [2.75, 3.05) is 17.6 Å². The van der Waals surface area contributed by atoms with Crippen molar-refractivity contribution in [3.05, 3.63) is 23.8 Å². The average molecular weight is 264 g/mol. The van der Waals surface area contributed by atoms with Gasteiger partial charge >= 0.3 is 0 Å². The molecule has 3 heteroatoms. The second-order valence-electron chi connectivity index (χ2n) is 6.01. The van der Waals surface area contributed by atoms with Gasteiger partial charge in [0.25, 0.3) is 0 Å². The molecular weight excluding hydrogens is 240 g/mol. The molecule has 0 fully saturated rings. The fraction of sp³-hybridized carbons (Fsp3) is 0.600. The van der Waals surface area contributed by atoms with Crippen molar-refractivity contribution in [2.45, 2.75) is 50.0 Å². The lowest BCUT2D eigenvalue weighted by molar-refractivity contribution is 0.585. The molecule has 0 radical (unpaired) electrons. The lowest BCUT2D eigenvalue weighted by Crippen LogP contribution is -2.29. The molecule has 3 N–H and O–H groups in total. The van der Waals surface area contributed by atoms with Gasteiger partial charge in [0.05, 0.1) is 5.69 Å². The molecule has 1 heterocycles. The van der Waals surface area contributed by atoms with Gasteiger partial charge in [-0.3, -0.25) is 0 Å². The van der Waals surface area contributed by atoms with Crippen LogP contribution in [0.2, 0.25) is 0 Å². The number of thioether (sulfide) groups is 1. The van der Waals surface area contributed by atoms with Crippen LogP contribution in [0.1, 0.15) is 39.2 Å². The Morgan fingerprint density at radius 2 is 2.17 bits per heavy atom. The van der Waals surface area contributed by atoms with E-state index in [9.17, 15) is 0 Å². The number of anilines is 1. The van der Waals surface area contributed by atoms with Gasteiger partial charge in [0.2, 0.25) is 0 Å². The molecule has 2 rings (SSSR count). The Bertz CT molecular complexity index is 409. The number of nitrogens with two attached hydrogens (primary N) is 1. The molecule has 1 atom stereocenters. The summed E-state index contributed by atoms with van der Waals surface area (Å²) in [6, 6.07) is 7.21. The number of fused-ring (bicyclic) bond motifs is 1. The van der Waals surface area contributed by atoms with Gasteiger partial charge in [-0.05, 0) is 36.4 Å². The number of rotatable bonds is 3. The predicted molar refractivity (Wildman–Crippen MR) is 81.6 cm³/mol. The highest BCUT2D eigenvalue weighted by molar-refractivity contribution is 7.99. The Balaban J connectivity index is 2.23. The fourth-order valence-electron chi connectivity index (χ4n) is 2.38. The third-order valence-corrected chi connectivity index (χ3v) is 4.60.